The molecule has 3 nitrogen and oxygen atoms in total. The van der Waals surface area contributed by atoms with Gasteiger partial charge < -0.3 is 4.74 Å². The van der Waals surface area contributed by atoms with E-state index in [0.717, 1.165) is 29.0 Å². The third-order valence-electron chi connectivity index (χ3n) is 3.10. The summed E-state index contributed by atoms with van der Waals surface area (Å²) in [6, 6.07) is 10.3. The van der Waals surface area contributed by atoms with Crippen molar-refractivity contribution >= 4 is 22.6 Å². The van der Waals surface area contributed by atoms with E-state index >= 15 is 0 Å². The third kappa shape index (κ3) is 2.31. The molecule has 0 saturated carbocycles. The highest BCUT2D eigenvalue weighted by molar-refractivity contribution is 14.1. The van der Waals surface area contributed by atoms with Crippen LogP contribution in [0.1, 0.15) is 17.9 Å². The van der Waals surface area contributed by atoms with Crippen LogP contribution in [0.3, 0.4) is 0 Å². The zero-order valence-corrected chi connectivity index (χ0v) is 11.5. The number of nitrogens with zero attached hydrogens (tertiary/aromatic N) is 2. The number of rotatable bonds is 2. The van der Waals surface area contributed by atoms with Crippen molar-refractivity contribution in [1.82, 2.24) is 9.78 Å². The number of benzene rings is 1. The molecule has 2 heterocycles. The Bertz CT molecular complexity index is 524. The zero-order valence-electron chi connectivity index (χ0n) is 9.34. The molecule has 0 spiro atoms. The molecule has 0 radical (unpaired) electrons. The number of hydrogen-bond acceptors (Lipinski definition) is 2. The average Bonchev–Trinajstić information content (AvgIpc) is 2.75. The first-order chi connectivity index (χ1) is 8.33. The van der Waals surface area contributed by atoms with Crippen molar-refractivity contribution in [2.45, 2.75) is 18.9 Å². The first-order valence-corrected chi connectivity index (χ1v) is 6.81. The summed E-state index contributed by atoms with van der Waals surface area (Å²) < 4.78 is 8.73. The number of fused-ring (bicyclic) bond motifs is 1. The molecular formula is C13H13IN2O. The molecule has 3 rings (SSSR count). The molecule has 0 fully saturated rings. The highest BCUT2D eigenvalue weighted by Crippen LogP contribution is 2.34. The molecule has 0 aliphatic carbocycles. The minimum absolute atomic E-state index is 0.510. The summed E-state index contributed by atoms with van der Waals surface area (Å²) in [6.07, 6.45) is 3.10. The van der Waals surface area contributed by atoms with E-state index in [2.05, 4.69) is 39.8 Å². The van der Waals surface area contributed by atoms with Crippen LogP contribution in [0.2, 0.25) is 0 Å². The lowest BCUT2D eigenvalue weighted by molar-refractivity contribution is 0.256. The van der Waals surface area contributed by atoms with Gasteiger partial charge in [0.1, 0.15) is 9.45 Å². The topological polar surface area (TPSA) is 27.1 Å². The second kappa shape index (κ2) is 4.68. The fourth-order valence-corrected chi connectivity index (χ4v) is 2.71. The molecule has 1 aromatic heterocycles. The Morgan fingerprint density at radius 1 is 1.35 bits per heavy atom. The fraction of sp³-hybridized carbons (Fsp3) is 0.308. The van der Waals surface area contributed by atoms with Crippen LogP contribution in [0.25, 0.3) is 0 Å². The molecule has 0 N–H and O–H groups in total. The van der Waals surface area contributed by atoms with E-state index < -0.39 is 0 Å². The lowest BCUT2D eigenvalue weighted by Gasteiger charge is -2.25. The maximum Gasteiger partial charge on any atom is 0.123 e. The molecule has 1 aromatic carbocycles. The first-order valence-electron chi connectivity index (χ1n) is 5.73. The van der Waals surface area contributed by atoms with Crippen molar-refractivity contribution in [3.05, 3.63) is 45.8 Å². The van der Waals surface area contributed by atoms with E-state index in [0.29, 0.717) is 5.92 Å². The van der Waals surface area contributed by atoms with Gasteiger partial charge in [0.2, 0.25) is 0 Å². The van der Waals surface area contributed by atoms with Gasteiger partial charge in [0.05, 0.1) is 6.61 Å². The predicted molar refractivity (Wildman–Crippen MR) is 74.2 cm³/mol. The zero-order chi connectivity index (χ0) is 11.7. The Labute approximate surface area is 114 Å². The van der Waals surface area contributed by atoms with Gasteiger partial charge in [-0.2, -0.15) is 5.10 Å². The van der Waals surface area contributed by atoms with Crippen LogP contribution < -0.4 is 4.74 Å². The molecular weight excluding hydrogens is 327 g/mol. The molecule has 0 amide bonds. The van der Waals surface area contributed by atoms with Gasteiger partial charge in [-0.1, -0.05) is 18.2 Å². The van der Waals surface area contributed by atoms with E-state index in [1.54, 1.807) is 0 Å². The third-order valence-corrected chi connectivity index (χ3v) is 3.67. The molecule has 1 unspecified atom stereocenters. The minimum Gasteiger partial charge on any atom is -0.493 e. The van der Waals surface area contributed by atoms with Gasteiger partial charge in [-0.15, -0.1) is 0 Å². The van der Waals surface area contributed by atoms with E-state index in [9.17, 15) is 0 Å². The molecule has 0 bridgehead atoms. The number of para-hydroxylation sites is 1. The van der Waals surface area contributed by atoms with E-state index in [1.165, 1.54) is 5.56 Å². The van der Waals surface area contributed by atoms with Crippen LogP contribution in [0.15, 0.2) is 36.5 Å². The molecule has 2 aromatic rings. The van der Waals surface area contributed by atoms with Crippen LogP contribution in [0.5, 0.6) is 5.75 Å². The highest BCUT2D eigenvalue weighted by atomic mass is 127. The Hall–Kier alpha value is -1.04. The van der Waals surface area contributed by atoms with Gasteiger partial charge in [-0.3, -0.25) is 4.68 Å². The summed E-state index contributed by atoms with van der Waals surface area (Å²) in [5.41, 5.74) is 1.31. The SMILES string of the molecule is Ic1ccn(CC2CCOc3ccccc32)n1. The Kier molecular flexibility index (Phi) is 3.05. The molecule has 1 atom stereocenters. The van der Waals surface area contributed by atoms with Crippen LogP contribution in [0.4, 0.5) is 0 Å². The second-order valence-electron chi connectivity index (χ2n) is 4.23. The second-order valence-corrected chi connectivity index (χ2v) is 5.34. The van der Waals surface area contributed by atoms with Crippen LogP contribution in [-0.2, 0) is 6.54 Å². The van der Waals surface area contributed by atoms with Crippen molar-refractivity contribution in [3.63, 3.8) is 0 Å². The summed E-state index contributed by atoms with van der Waals surface area (Å²) in [4.78, 5) is 0. The highest BCUT2D eigenvalue weighted by Gasteiger charge is 2.21. The van der Waals surface area contributed by atoms with Crippen molar-refractivity contribution in [3.8, 4) is 5.75 Å². The first kappa shape index (κ1) is 11.1. The number of aromatic nitrogens is 2. The molecule has 0 saturated heterocycles. The lowest BCUT2D eigenvalue weighted by Crippen LogP contribution is -2.18. The smallest absolute Gasteiger partial charge is 0.123 e. The quantitative estimate of drug-likeness (QED) is 0.786. The van der Waals surface area contributed by atoms with Gasteiger partial charge in [-0.05, 0) is 46.7 Å². The van der Waals surface area contributed by atoms with Crippen molar-refractivity contribution in [2.24, 2.45) is 0 Å². The van der Waals surface area contributed by atoms with E-state index in [-0.39, 0.29) is 0 Å². The number of ether oxygens (including phenoxy) is 1. The van der Waals surface area contributed by atoms with Gasteiger partial charge in [0.25, 0.3) is 0 Å². The standard InChI is InChI=1S/C13H13IN2O/c14-13-5-7-16(15-13)9-10-6-8-17-12-4-2-1-3-11(10)12/h1-5,7,10H,6,8-9H2. The minimum atomic E-state index is 0.510. The maximum absolute atomic E-state index is 5.67. The monoisotopic (exact) mass is 340 g/mol. The largest absolute Gasteiger partial charge is 0.493 e. The average molecular weight is 340 g/mol. The molecule has 1 aliphatic heterocycles. The van der Waals surface area contributed by atoms with Crippen molar-refractivity contribution in [1.29, 1.82) is 0 Å². The summed E-state index contributed by atoms with van der Waals surface area (Å²) in [7, 11) is 0. The van der Waals surface area contributed by atoms with Gasteiger partial charge in [0, 0.05) is 18.7 Å². The number of hydrogen-bond donors (Lipinski definition) is 0. The Balaban J connectivity index is 1.85. The van der Waals surface area contributed by atoms with Crippen molar-refractivity contribution in [2.75, 3.05) is 6.61 Å². The van der Waals surface area contributed by atoms with E-state index in [4.69, 9.17) is 4.74 Å². The van der Waals surface area contributed by atoms with Crippen molar-refractivity contribution < 1.29 is 4.74 Å². The maximum atomic E-state index is 5.67. The summed E-state index contributed by atoms with van der Waals surface area (Å²) in [6.45, 7) is 1.74. The van der Waals surface area contributed by atoms with Crippen LogP contribution >= 0.6 is 22.6 Å². The molecule has 88 valence electrons. The van der Waals surface area contributed by atoms with Crippen LogP contribution in [0, 0.1) is 3.70 Å². The summed E-state index contributed by atoms with van der Waals surface area (Å²) in [5, 5.41) is 4.44. The normalized spacial score (nSPS) is 18.5. The Morgan fingerprint density at radius 2 is 2.24 bits per heavy atom. The van der Waals surface area contributed by atoms with E-state index in [1.807, 2.05) is 29.1 Å². The summed E-state index contributed by atoms with van der Waals surface area (Å²) in [5.74, 6) is 1.54. The molecule has 4 heteroatoms. The molecule has 17 heavy (non-hydrogen) atoms. The van der Waals surface area contributed by atoms with Crippen LogP contribution in [-0.4, -0.2) is 16.4 Å². The summed E-state index contributed by atoms with van der Waals surface area (Å²) >= 11 is 2.24. The van der Waals surface area contributed by atoms with Gasteiger partial charge >= 0.3 is 0 Å². The fourth-order valence-electron chi connectivity index (χ4n) is 2.27. The van der Waals surface area contributed by atoms with Gasteiger partial charge in [0.15, 0.2) is 0 Å². The predicted octanol–water partition coefficient (Wildman–Crippen LogP) is 3.05. The Morgan fingerprint density at radius 3 is 3.06 bits per heavy atom. The molecule has 1 aliphatic rings. The van der Waals surface area contributed by atoms with Gasteiger partial charge in [-0.25, -0.2) is 0 Å². The number of halogens is 1. The lowest BCUT2D eigenvalue weighted by atomic mass is 9.93.